The number of para-hydroxylation sites is 1. The van der Waals surface area contributed by atoms with E-state index in [4.69, 9.17) is 5.73 Å². The highest BCUT2D eigenvalue weighted by Gasteiger charge is 2.18. The molecule has 0 saturated carbocycles. The smallest absolute Gasteiger partial charge is 0.242 e. The minimum Gasteiger partial charge on any atom is -0.381 e. The predicted molar refractivity (Wildman–Crippen MR) is 74.2 cm³/mol. The van der Waals surface area contributed by atoms with Gasteiger partial charge in [-0.05, 0) is 19.1 Å². The molecule has 1 aromatic rings. The summed E-state index contributed by atoms with van der Waals surface area (Å²) in [4.78, 5) is 11.0. The van der Waals surface area contributed by atoms with Crippen LogP contribution in [0.2, 0.25) is 0 Å². The Bertz CT molecular complexity index is 543. The predicted octanol–water partition coefficient (Wildman–Crippen LogP) is 0.661. The molecule has 7 heteroatoms. The highest BCUT2D eigenvalue weighted by molar-refractivity contribution is 7.89. The summed E-state index contributed by atoms with van der Waals surface area (Å²) in [6.07, 6.45) is 0.135. The summed E-state index contributed by atoms with van der Waals surface area (Å²) < 4.78 is 26.5. The van der Waals surface area contributed by atoms with Crippen LogP contribution in [0.25, 0.3) is 0 Å². The molecule has 19 heavy (non-hydrogen) atoms. The lowest BCUT2D eigenvalue weighted by Gasteiger charge is -2.17. The van der Waals surface area contributed by atoms with Crippen LogP contribution < -0.4 is 15.8 Å². The summed E-state index contributed by atoms with van der Waals surface area (Å²) >= 11 is 0. The fourth-order valence-corrected chi connectivity index (χ4v) is 2.92. The van der Waals surface area contributed by atoms with E-state index in [9.17, 15) is 13.2 Å². The average Bonchev–Trinajstić information content (AvgIpc) is 2.28. The standard InChI is InChI=1S/C12H19N3O3S/c1-3-14-19(17,18)11-7-5-4-6-10(11)15-9(2)8-12(13)16/h4-7,9,14-15H,3,8H2,1-2H3,(H2,13,16). The maximum atomic E-state index is 12.0. The molecule has 0 bridgehead atoms. The molecule has 6 nitrogen and oxygen atoms in total. The van der Waals surface area contributed by atoms with Gasteiger partial charge in [-0.25, -0.2) is 13.1 Å². The molecule has 1 rings (SSSR count). The average molecular weight is 285 g/mol. The van der Waals surface area contributed by atoms with Gasteiger partial charge >= 0.3 is 0 Å². The van der Waals surface area contributed by atoms with Crippen LogP contribution in [0, 0.1) is 0 Å². The molecular weight excluding hydrogens is 266 g/mol. The Morgan fingerprint density at radius 1 is 1.37 bits per heavy atom. The van der Waals surface area contributed by atoms with E-state index in [-0.39, 0.29) is 17.4 Å². The van der Waals surface area contributed by atoms with Crippen LogP contribution in [0.15, 0.2) is 29.2 Å². The molecule has 1 aromatic carbocycles. The molecule has 0 fully saturated rings. The quantitative estimate of drug-likeness (QED) is 0.685. The molecule has 0 aromatic heterocycles. The van der Waals surface area contributed by atoms with Gasteiger partial charge in [0.2, 0.25) is 15.9 Å². The van der Waals surface area contributed by atoms with Gasteiger partial charge < -0.3 is 11.1 Å². The number of benzene rings is 1. The second kappa shape index (κ2) is 6.53. The number of carbonyl (C=O) groups is 1. The summed E-state index contributed by atoms with van der Waals surface area (Å²) in [5.41, 5.74) is 5.56. The Balaban J connectivity index is 3.00. The number of nitrogens with one attached hydrogen (secondary N) is 2. The first-order valence-corrected chi connectivity index (χ1v) is 7.48. The fraction of sp³-hybridized carbons (Fsp3) is 0.417. The van der Waals surface area contributed by atoms with Crippen molar-refractivity contribution in [3.8, 4) is 0 Å². The minimum absolute atomic E-state index is 0.135. The molecule has 0 aliphatic carbocycles. The first-order chi connectivity index (χ1) is 8.86. The summed E-state index contributed by atoms with van der Waals surface area (Å²) in [5, 5.41) is 2.99. The lowest BCUT2D eigenvalue weighted by atomic mass is 10.2. The van der Waals surface area contributed by atoms with Crippen molar-refractivity contribution in [3.05, 3.63) is 24.3 Å². The Hall–Kier alpha value is -1.60. The Labute approximate surface area is 113 Å². The van der Waals surface area contributed by atoms with E-state index in [2.05, 4.69) is 10.0 Å². The van der Waals surface area contributed by atoms with Crippen LogP contribution in [0.1, 0.15) is 20.3 Å². The number of primary amides is 1. The Morgan fingerprint density at radius 2 is 2.00 bits per heavy atom. The van der Waals surface area contributed by atoms with E-state index in [0.717, 1.165) is 0 Å². The molecule has 1 unspecified atom stereocenters. The zero-order valence-corrected chi connectivity index (χ0v) is 11.8. The van der Waals surface area contributed by atoms with Gasteiger partial charge in [0.15, 0.2) is 0 Å². The molecule has 0 aliphatic heterocycles. The molecule has 1 atom stereocenters. The second-order valence-corrected chi connectivity index (χ2v) is 5.95. The normalized spacial score (nSPS) is 12.9. The van der Waals surface area contributed by atoms with E-state index in [1.807, 2.05) is 0 Å². The molecule has 0 radical (unpaired) electrons. The van der Waals surface area contributed by atoms with E-state index in [1.54, 1.807) is 32.0 Å². The van der Waals surface area contributed by atoms with Gasteiger partial charge in [0, 0.05) is 19.0 Å². The van der Waals surface area contributed by atoms with Gasteiger partial charge in [-0.2, -0.15) is 0 Å². The Morgan fingerprint density at radius 3 is 2.58 bits per heavy atom. The fourth-order valence-electron chi connectivity index (χ4n) is 1.71. The molecular formula is C12H19N3O3S. The number of sulfonamides is 1. The second-order valence-electron chi connectivity index (χ2n) is 4.21. The van der Waals surface area contributed by atoms with E-state index >= 15 is 0 Å². The minimum atomic E-state index is -3.54. The van der Waals surface area contributed by atoms with Gasteiger partial charge in [0.25, 0.3) is 0 Å². The first-order valence-electron chi connectivity index (χ1n) is 6.00. The van der Waals surface area contributed by atoms with Crippen molar-refractivity contribution in [2.24, 2.45) is 5.73 Å². The monoisotopic (exact) mass is 285 g/mol. The molecule has 1 amide bonds. The van der Waals surface area contributed by atoms with Crippen LogP contribution in [-0.2, 0) is 14.8 Å². The molecule has 0 spiro atoms. The zero-order chi connectivity index (χ0) is 14.5. The summed E-state index contributed by atoms with van der Waals surface area (Å²) in [5.74, 6) is -0.438. The van der Waals surface area contributed by atoms with Gasteiger partial charge in [-0.15, -0.1) is 0 Å². The third-order valence-corrected chi connectivity index (χ3v) is 4.02. The molecule has 0 heterocycles. The van der Waals surface area contributed by atoms with Crippen LogP contribution in [0.5, 0.6) is 0 Å². The molecule has 106 valence electrons. The van der Waals surface area contributed by atoms with Crippen LogP contribution >= 0.6 is 0 Å². The topological polar surface area (TPSA) is 101 Å². The van der Waals surface area contributed by atoms with Crippen molar-refractivity contribution in [2.45, 2.75) is 31.2 Å². The van der Waals surface area contributed by atoms with Crippen LogP contribution in [0.4, 0.5) is 5.69 Å². The Kier molecular flexibility index (Phi) is 5.31. The van der Waals surface area contributed by atoms with Crippen molar-refractivity contribution in [1.82, 2.24) is 4.72 Å². The third-order valence-electron chi connectivity index (χ3n) is 2.42. The SMILES string of the molecule is CCNS(=O)(=O)c1ccccc1NC(C)CC(N)=O. The van der Waals surface area contributed by atoms with Crippen LogP contribution in [-0.4, -0.2) is 26.9 Å². The van der Waals surface area contributed by atoms with Gasteiger partial charge in [-0.3, -0.25) is 4.79 Å². The number of hydrogen-bond acceptors (Lipinski definition) is 4. The summed E-state index contributed by atoms with van der Waals surface area (Å²) in [7, 11) is -3.54. The molecule has 0 aliphatic rings. The lowest BCUT2D eigenvalue weighted by Crippen LogP contribution is -2.27. The van der Waals surface area contributed by atoms with E-state index in [1.165, 1.54) is 6.07 Å². The van der Waals surface area contributed by atoms with Crippen molar-refractivity contribution < 1.29 is 13.2 Å². The molecule has 0 saturated heterocycles. The number of carbonyl (C=O) groups excluding carboxylic acids is 1. The number of anilines is 1. The number of hydrogen-bond donors (Lipinski definition) is 3. The zero-order valence-electron chi connectivity index (χ0n) is 11.0. The maximum absolute atomic E-state index is 12.0. The van der Waals surface area contributed by atoms with Crippen LogP contribution in [0.3, 0.4) is 0 Å². The molecule has 4 N–H and O–H groups in total. The van der Waals surface area contributed by atoms with Crippen molar-refractivity contribution in [3.63, 3.8) is 0 Å². The van der Waals surface area contributed by atoms with E-state index < -0.39 is 15.9 Å². The summed E-state index contributed by atoms with van der Waals surface area (Å²) in [6.45, 7) is 3.79. The highest BCUT2D eigenvalue weighted by Crippen LogP contribution is 2.21. The van der Waals surface area contributed by atoms with Crippen molar-refractivity contribution in [1.29, 1.82) is 0 Å². The van der Waals surface area contributed by atoms with Crippen molar-refractivity contribution in [2.75, 3.05) is 11.9 Å². The number of rotatable bonds is 7. The van der Waals surface area contributed by atoms with Crippen molar-refractivity contribution >= 4 is 21.6 Å². The van der Waals surface area contributed by atoms with E-state index in [0.29, 0.717) is 12.2 Å². The lowest BCUT2D eigenvalue weighted by molar-refractivity contribution is -0.118. The summed E-state index contributed by atoms with van der Waals surface area (Å²) in [6, 6.07) is 6.30. The van der Waals surface area contributed by atoms with Gasteiger partial charge in [0.1, 0.15) is 4.90 Å². The maximum Gasteiger partial charge on any atom is 0.242 e. The number of nitrogens with two attached hydrogens (primary N) is 1. The van der Waals surface area contributed by atoms with Gasteiger partial charge in [0.05, 0.1) is 5.69 Å². The third kappa shape index (κ3) is 4.53. The first kappa shape index (κ1) is 15.5. The van der Waals surface area contributed by atoms with Gasteiger partial charge in [-0.1, -0.05) is 19.1 Å². The largest absolute Gasteiger partial charge is 0.381 e. The number of amides is 1. The highest BCUT2D eigenvalue weighted by atomic mass is 32.2.